The Balaban J connectivity index is 2.49. The quantitative estimate of drug-likeness (QED) is 0.875. The molecule has 3 heteroatoms. The van der Waals surface area contributed by atoms with Crippen LogP contribution >= 0.6 is 27.5 Å². The largest absolute Gasteiger partial charge is 0.395 e. The van der Waals surface area contributed by atoms with Crippen molar-refractivity contribution in [2.45, 2.75) is 24.7 Å². The fourth-order valence-electron chi connectivity index (χ4n) is 2.10. The highest BCUT2D eigenvalue weighted by Gasteiger charge is 2.40. The molecule has 1 fully saturated rings. The highest BCUT2D eigenvalue weighted by atomic mass is 79.9. The molecule has 1 aromatic carbocycles. The Morgan fingerprint density at radius 1 is 1.43 bits per heavy atom. The third kappa shape index (κ3) is 1.50. The van der Waals surface area contributed by atoms with Crippen molar-refractivity contribution >= 4 is 27.5 Å². The summed E-state index contributed by atoms with van der Waals surface area (Å²) in [5.74, 6) is 0. The third-order valence-corrected chi connectivity index (χ3v) is 4.08. The number of hydrogen-bond donors (Lipinski definition) is 1. The Morgan fingerprint density at radius 3 is 2.57 bits per heavy atom. The standard InChI is InChI=1S/C11H12BrClO/c12-8-3-1-4-9(13)10(8)11(7-14)5-2-6-11/h1,3-4,14H,2,5-7H2. The number of benzene rings is 1. The van der Waals surface area contributed by atoms with Crippen molar-refractivity contribution in [3.05, 3.63) is 33.3 Å². The molecule has 0 aliphatic heterocycles. The van der Waals surface area contributed by atoms with E-state index in [2.05, 4.69) is 15.9 Å². The van der Waals surface area contributed by atoms with Crippen LogP contribution in [0.2, 0.25) is 5.02 Å². The third-order valence-electron chi connectivity index (χ3n) is 3.11. The fourth-order valence-corrected chi connectivity index (χ4v) is 3.37. The van der Waals surface area contributed by atoms with Gasteiger partial charge < -0.3 is 5.11 Å². The number of aliphatic hydroxyl groups is 1. The molecule has 0 spiro atoms. The molecular formula is C11H12BrClO. The summed E-state index contributed by atoms with van der Waals surface area (Å²) in [6.45, 7) is 0.190. The zero-order chi connectivity index (χ0) is 10.2. The van der Waals surface area contributed by atoms with Crippen molar-refractivity contribution < 1.29 is 5.11 Å². The van der Waals surface area contributed by atoms with Crippen molar-refractivity contribution in [2.24, 2.45) is 0 Å². The van der Waals surface area contributed by atoms with Gasteiger partial charge in [0.15, 0.2) is 0 Å². The van der Waals surface area contributed by atoms with Gasteiger partial charge in [-0.15, -0.1) is 0 Å². The first-order valence-corrected chi connectivity index (χ1v) is 5.92. The average molecular weight is 276 g/mol. The van der Waals surface area contributed by atoms with Crippen LogP contribution in [-0.2, 0) is 5.41 Å². The van der Waals surface area contributed by atoms with Crippen molar-refractivity contribution in [3.63, 3.8) is 0 Å². The molecule has 1 N–H and O–H groups in total. The molecule has 1 aliphatic rings. The minimum Gasteiger partial charge on any atom is -0.395 e. The van der Waals surface area contributed by atoms with E-state index in [1.54, 1.807) is 0 Å². The monoisotopic (exact) mass is 274 g/mol. The lowest BCUT2D eigenvalue weighted by Gasteiger charge is -2.41. The molecule has 0 saturated heterocycles. The molecule has 0 unspecified atom stereocenters. The Morgan fingerprint density at radius 2 is 2.14 bits per heavy atom. The van der Waals surface area contributed by atoms with Crippen LogP contribution in [0.1, 0.15) is 24.8 Å². The summed E-state index contributed by atoms with van der Waals surface area (Å²) in [7, 11) is 0. The molecule has 0 aromatic heterocycles. The SMILES string of the molecule is OCC1(c2c(Cl)cccc2Br)CCC1. The van der Waals surface area contributed by atoms with Gasteiger partial charge in [-0.1, -0.05) is 40.0 Å². The highest BCUT2D eigenvalue weighted by molar-refractivity contribution is 9.10. The summed E-state index contributed by atoms with van der Waals surface area (Å²) in [6, 6.07) is 5.79. The van der Waals surface area contributed by atoms with E-state index in [4.69, 9.17) is 11.6 Å². The molecule has 2 rings (SSSR count). The smallest absolute Gasteiger partial charge is 0.0528 e. The lowest BCUT2D eigenvalue weighted by atomic mass is 9.65. The molecule has 0 bridgehead atoms. The molecule has 0 atom stereocenters. The second kappa shape index (κ2) is 3.84. The van der Waals surface area contributed by atoms with Gasteiger partial charge in [0, 0.05) is 14.9 Å². The Hall–Kier alpha value is -0.0500. The summed E-state index contributed by atoms with van der Waals surface area (Å²) in [4.78, 5) is 0. The van der Waals surface area contributed by atoms with Gasteiger partial charge in [-0.2, -0.15) is 0 Å². The van der Waals surface area contributed by atoms with Gasteiger partial charge >= 0.3 is 0 Å². The van der Waals surface area contributed by atoms with Crippen LogP contribution in [0.5, 0.6) is 0 Å². The summed E-state index contributed by atoms with van der Waals surface area (Å²) in [5.41, 5.74) is 0.993. The van der Waals surface area contributed by atoms with Gasteiger partial charge in [0.1, 0.15) is 0 Å². The Kier molecular flexibility index (Phi) is 2.87. The molecule has 0 radical (unpaired) electrons. The summed E-state index contributed by atoms with van der Waals surface area (Å²) in [5, 5.41) is 10.2. The lowest BCUT2D eigenvalue weighted by molar-refractivity contribution is 0.119. The maximum Gasteiger partial charge on any atom is 0.0528 e. The van der Waals surface area contributed by atoms with E-state index in [0.29, 0.717) is 0 Å². The van der Waals surface area contributed by atoms with E-state index < -0.39 is 0 Å². The predicted molar refractivity (Wildman–Crippen MR) is 61.8 cm³/mol. The number of halogens is 2. The van der Waals surface area contributed by atoms with Gasteiger partial charge in [0.05, 0.1) is 6.61 Å². The van der Waals surface area contributed by atoms with Crippen molar-refractivity contribution in [1.29, 1.82) is 0 Å². The first-order valence-electron chi connectivity index (χ1n) is 4.75. The molecule has 0 heterocycles. The van der Waals surface area contributed by atoms with E-state index in [1.165, 1.54) is 6.42 Å². The Bertz CT molecular complexity index is 321. The number of rotatable bonds is 2. The van der Waals surface area contributed by atoms with Crippen LogP contribution in [0, 0.1) is 0 Å². The number of hydrogen-bond acceptors (Lipinski definition) is 1. The maximum atomic E-state index is 9.46. The molecule has 0 amide bonds. The first-order chi connectivity index (χ1) is 6.69. The summed E-state index contributed by atoms with van der Waals surface area (Å²) >= 11 is 9.67. The van der Waals surface area contributed by atoms with Gasteiger partial charge in [0.25, 0.3) is 0 Å². The van der Waals surface area contributed by atoms with Crippen molar-refractivity contribution in [1.82, 2.24) is 0 Å². The maximum absolute atomic E-state index is 9.46. The summed E-state index contributed by atoms with van der Waals surface area (Å²) < 4.78 is 1.01. The van der Waals surface area contributed by atoms with Gasteiger partial charge in [0.2, 0.25) is 0 Å². The predicted octanol–water partition coefficient (Wildman–Crippen LogP) is 3.52. The van der Waals surface area contributed by atoms with Crippen LogP contribution in [0.15, 0.2) is 22.7 Å². The van der Waals surface area contributed by atoms with Gasteiger partial charge in [-0.3, -0.25) is 0 Å². The molecule has 1 saturated carbocycles. The number of aliphatic hydroxyl groups excluding tert-OH is 1. The minimum atomic E-state index is -0.0861. The molecule has 14 heavy (non-hydrogen) atoms. The minimum absolute atomic E-state index is 0.0861. The first kappa shape index (κ1) is 10.5. The van der Waals surface area contributed by atoms with Crippen LogP contribution in [0.3, 0.4) is 0 Å². The van der Waals surface area contributed by atoms with Crippen LogP contribution in [0.25, 0.3) is 0 Å². The average Bonchev–Trinajstić information content (AvgIpc) is 2.08. The zero-order valence-corrected chi connectivity index (χ0v) is 10.1. The molecule has 1 aliphatic carbocycles. The van der Waals surface area contributed by atoms with E-state index in [9.17, 15) is 5.11 Å². The fraction of sp³-hybridized carbons (Fsp3) is 0.455. The van der Waals surface area contributed by atoms with Gasteiger partial charge in [-0.25, -0.2) is 0 Å². The topological polar surface area (TPSA) is 20.2 Å². The second-order valence-corrected chi connectivity index (χ2v) is 5.15. The normalized spacial score (nSPS) is 19.1. The second-order valence-electron chi connectivity index (χ2n) is 3.89. The van der Waals surface area contributed by atoms with E-state index in [1.807, 2.05) is 18.2 Å². The van der Waals surface area contributed by atoms with Gasteiger partial charge in [-0.05, 0) is 30.5 Å². The van der Waals surface area contributed by atoms with E-state index >= 15 is 0 Å². The summed E-state index contributed by atoms with van der Waals surface area (Å²) in [6.07, 6.45) is 3.25. The lowest BCUT2D eigenvalue weighted by Crippen LogP contribution is -2.38. The van der Waals surface area contributed by atoms with Crippen LogP contribution in [0.4, 0.5) is 0 Å². The molecule has 1 aromatic rings. The van der Waals surface area contributed by atoms with E-state index in [-0.39, 0.29) is 12.0 Å². The zero-order valence-electron chi connectivity index (χ0n) is 7.76. The molecule has 76 valence electrons. The molecule has 1 nitrogen and oxygen atoms in total. The highest BCUT2D eigenvalue weighted by Crippen LogP contribution is 2.48. The van der Waals surface area contributed by atoms with Crippen molar-refractivity contribution in [2.75, 3.05) is 6.61 Å². The van der Waals surface area contributed by atoms with Crippen LogP contribution in [-0.4, -0.2) is 11.7 Å². The van der Waals surface area contributed by atoms with Crippen LogP contribution < -0.4 is 0 Å². The van der Waals surface area contributed by atoms with E-state index in [0.717, 1.165) is 27.9 Å². The van der Waals surface area contributed by atoms with Crippen molar-refractivity contribution in [3.8, 4) is 0 Å². The molecular weight excluding hydrogens is 263 g/mol. The Labute approximate surface area is 97.2 Å².